The Kier molecular flexibility index (Phi) is 4.31. The van der Waals surface area contributed by atoms with Gasteiger partial charge in [0.2, 0.25) is 0 Å². The van der Waals surface area contributed by atoms with Crippen molar-refractivity contribution >= 4 is 0 Å². The summed E-state index contributed by atoms with van der Waals surface area (Å²) in [5.74, 6) is 0. The highest BCUT2D eigenvalue weighted by atomic mass is 16.7. The second-order valence-electron chi connectivity index (χ2n) is 4.47. The molecule has 1 saturated heterocycles. The molecule has 5 atom stereocenters. The average molecular weight is 254 g/mol. The Bertz CT molecular complexity index is 369. The maximum Gasteiger partial charge on any atom is 0.184 e. The highest BCUT2D eigenvalue weighted by Gasteiger charge is 2.42. The number of aliphatic hydroxyl groups is 3. The van der Waals surface area contributed by atoms with E-state index in [0.717, 1.165) is 5.56 Å². The lowest BCUT2D eigenvalue weighted by Gasteiger charge is -2.39. The second-order valence-corrected chi connectivity index (χ2v) is 4.47. The van der Waals surface area contributed by atoms with Crippen LogP contribution in [0.4, 0.5) is 0 Å². The highest BCUT2D eigenvalue weighted by Crippen LogP contribution is 2.22. The summed E-state index contributed by atoms with van der Waals surface area (Å²) in [5, 5.41) is 29.2. The predicted molar refractivity (Wildman–Crippen MR) is 63.6 cm³/mol. The van der Waals surface area contributed by atoms with E-state index in [1.165, 1.54) is 0 Å². The molecule has 0 aromatic heterocycles. The third-order valence-electron chi connectivity index (χ3n) is 3.09. The van der Waals surface area contributed by atoms with Gasteiger partial charge in [0.05, 0.1) is 12.7 Å². The first-order valence-corrected chi connectivity index (χ1v) is 5.95. The fourth-order valence-electron chi connectivity index (χ4n) is 1.97. The molecule has 1 fully saturated rings. The van der Waals surface area contributed by atoms with E-state index < -0.39 is 30.7 Å². The van der Waals surface area contributed by atoms with E-state index in [9.17, 15) is 15.3 Å². The molecule has 0 amide bonds. The van der Waals surface area contributed by atoms with Crippen LogP contribution in [0.2, 0.25) is 0 Å². The first kappa shape index (κ1) is 13.5. The maximum absolute atomic E-state index is 9.84. The van der Waals surface area contributed by atoms with Crippen LogP contribution in [0.15, 0.2) is 30.3 Å². The zero-order valence-electron chi connectivity index (χ0n) is 10.1. The molecule has 0 unspecified atom stereocenters. The van der Waals surface area contributed by atoms with Crippen LogP contribution >= 0.6 is 0 Å². The van der Waals surface area contributed by atoms with E-state index >= 15 is 0 Å². The second kappa shape index (κ2) is 5.77. The van der Waals surface area contributed by atoms with Gasteiger partial charge in [0.15, 0.2) is 6.29 Å². The van der Waals surface area contributed by atoms with Crippen molar-refractivity contribution in [2.24, 2.45) is 0 Å². The molecule has 1 aromatic rings. The third kappa shape index (κ3) is 2.88. The fourth-order valence-corrected chi connectivity index (χ4v) is 1.97. The first-order chi connectivity index (χ1) is 8.59. The first-order valence-electron chi connectivity index (χ1n) is 5.95. The van der Waals surface area contributed by atoms with Gasteiger partial charge in [-0.1, -0.05) is 30.3 Å². The largest absolute Gasteiger partial charge is 0.388 e. The molecule has 3 N–H and O–H groups in total. The number of hydrogen-bond donors (Lipinski definition) is 3. The van der Waals surface area contributed by atoms with Gasteiger partial charge in [0.25, 0.3) is 0 Å². The standard InChI is InChI=1S/C13H18O5/c1-8-10(14)11(15)12(13(16)18-8)17-7-9-5-3-2-4-6-9/h2-6,8,10-16H,7H2,1H3/t8-,10+,11+,12-,13+/m0/s1. The molecule has 1 aliphatic rings. The molecule has 1 aliphatic heterocycles. The smallest absolute Gasteiger partial charge is 0.184 e. The fraction of sp³-hybridized carbons (Fsp3) is 0.538. The van der Waals surface area contributed by atoms with Crippen molar-refractivity contribution < 1.29 is 24.8 Å². The molecule has 1 aromatic carbocycles. The molecule has 2 rings (SSSR count). The minimum atomic E-state index is -1.23. The quantitative estimate of drug-likeness (QED) is 0.709. The molecule has 100 valence electrons. The molecule has 0 bridgehead atoms. The number of benzene rings is 1. The van der Waals surface area contributed by atoms with Gasteiger partial charge >= 0.3 is 0 Å². The van der Waals surface area contributed by atoms with Gasteiger partial charge in [-0.2, -0.15) is 0 Å². The molecular formula is C13H18O5. The molecule has 0 aliphatic carbocycles. The van der Waals surface area contributed by atoms with Crippen LogP contribution in [-0.2, 0) is 16.1 Å². The van der Waals surface area contributed by atoms with E-state index in [1.807, 2.05) is 30.3 Å². The Hall–Kier alpha value is -0.980. The van der Waals surface area contributed by atoms with Crippen LogP contribution in [-0.4, -0.2) is 46.0 Å². The normalized spacial score (nSPS) is 36.6. The van der Waals surface area contributed by atoms with E-state index in [2.05, 4.69) is 0 Å². The van der Waals surface area contributed by atoms with Crippen LogP contribution in [0.1, 0.15) is 12.5 Å². The summed E-state index contributed by atoms with van der Waals surface area (Å²) >= 11 is 0. The lowest BCUT2D eigenvalue weighted by molar-refractivity contribution is -0.290. The minimum Gasteiger partial charge on any atom is -0.388 e. The van der Waals surface area contributed by atoms with Gasteiger partial charge in [0.1, 0.15) is 18.3 Å². The summed E-state index contributed by atoms with van der Waals surface area (Å²) in [6, 6.07) is 9.39. The molecule has 18 heavy (non-hydrogen) atoms. The summed E-state index contributed by atoms with van der Waals surface area (Å²) < 4.78 is 10.5. The van der Waals surface area contributed by atoms with Crippen molar-refractivity contribution in [3.05, 3.63) is 35.9 Å². The summed E-state index contributed by atoms with van der Waals surface area (Å²) in [6.45, 7) is 1.83. The maximum atomic E-state index is 9.84. The van der Waals surface area contributed by atoms with Crippen molar-refractivity contribution in [3.8, 4) is 0 Å². The highest BCUT2D eigenvalue weighted by molar-refractivity contribution is 5.13. The Morgan fingerprint density at radius 3 is 2.44 bits per heavy atom. The number of ether oxygens (including phenoxy) is 2. The molecule has 1 heterocycles. The van der Waals surface area contributed by atoms with Gasteiger partial charge in [-0.15, -0.1) is 0 Å². The van der Waals surface area contributed by atoms with Crippen molar-refractivity contribution in [2.45, 2.75) is 44.2 Å². The van der Waals surface area contributed by atoms with Gasteiger partial charge in [-0.25, -0.2) is 0 Å². The van der Waals surface area contributed by atoms with Gasteiger partial charge in [-0.05, 0) is 12.5 Å². The Morgan fingerprint density at radius 1 is 1.11 bits per heavy atom. The Balaban J connectivity index is 1.96. The van der Waals surface area contributed by atoms with Gasteiger partial charge in [-0.3, -0.25) is 0 Å². The molecule has 0 spiro atoms. The molecular weight excluding hydrogens is 236 g/mol. The summed E-state index contributed by atoms with van der Waals surface area (Å²) in [6.07, 6.45) is -5.02. The van der Waals surface area contributed by atoms with Crippen LogP contribution in [0, 0.1) is 0 Å². The Morgan fingerprint density at radius 2 is 1.78 bits per heavy atom. The third-order valence-corrected chi connectivity index (χ3v) is 3.09. The molecule has 0 saturated carbocycles. The van der Waals surface area contributed by atoms with Crippen LogP contribution in [0.5, 0.6) is 0 Å². The van der Waals surface area contributed by atoms with Crippen molar-refractivity contribution in [3.63, 3.8) is 0 Å². The molecule has 5 heteroatoms. The van der Waals surface area contributed by atoms with E-state index in [0.29, 0.717) is 0 Å². The van der Waals surface area contributed by atoms with E-state index in [-0.39, 0.29) is 6.61 Å². The van der Waals surface area contributed by atoms with Crippen molar-refractivity contribution in [1.29, 1.82) is 0 Å². The predicted octanol–water partition coefficient (Wildman–Crippen LogP) is 0.0307. The molecule has 0 radical (unpaired) electrons. The summed E-state index contributed by atoms with van der Waals surface area (Å²) in [7, 11) is 0. The molecule has 5 nitrogen and oxygen atoms in total. The minimum absolute atomic E-state index is 0.240. The zero-order valence-corrected chi connectivity index (χ0v) is 10.1. The van der Waals surface area contributed by atoms with Gasteiger partial charge in [0, 0.05) is 0 Å². The monoisotopic (exact) mass is 254 g/mol. The van der Waals surface area contributed by atoms with Crippen molar-refractivity contribution in [1.82, 2.24) is 0 Å². The number of aliphatic hydroxyl groups excluding tert-OH is 3. The topological polar surface area (TPSA) is 79.2 Å². The van der Waals surface area contributed by atoms with Crippen LogP contribution in [0.3, 0.4) is 0 Å². The van der Waals surface area contributed by atoms with E-state index in [1.54, 1.807) is 6.92 Å². The SMILES string of the molecule is C[C@@H]1O[C@@H](O)[C@@H](OCc2ccccc2)[C@H](O)[C@@H]1O. The van der Waals surface area contributed by atoms with Crippen molar-refractivity contribution in [2.75, 3.05) is 0 Å². The number of rotatable bonds is 3. The Labute approximate surface area is 106 Å². The lowest BCUT2D eigenvalue weighted by atomic mass is 10.00. The summed E-state index contributed by atoms with van der Waals surface area (Å²) in [5.41, 5.74) is 0.921. The summed E-state index contributed by atoms with van der Waals surface area (Å²) in [4.78, 5) is 0. The average Bonchev–Trinajstić information content (AvgIpc) is 2.37. The number of hydrogen-bond acceptors (Lipinski definition) is 5. The lowest BCUT2D eigenvalue weighted by Crippen LogP contribution is -2.57. The van der Waals surface area contributed by atoms with E-state index in [4.69, 9.17) is 9.47 Å². The van der Waals surface area contributed by atoms with Crippen LogP contribution in [0.25, 0.3) is 0 Å². The van der Waals surface area contributed by atoms with Gasteiger partial charge < -0.3 is 24.8 Å². The zero-order chi connectivity index (χ0) is 13.1. The van der Waals surface area contributed by atoms with Crippen LogP contribution < -0.4 is 0 Å².